The highest BCUT2D eigenvalue weighted by Gasteiger charge is 2.10. The first-order chi connectivity index (χ1) is 6.36. The maximum Gasteiger partial charge on any atom is 0.223 e. The number of benzene rings is 1. The lowest BCUT2D eigenvalue weighted by atomic mass is 10.1. The van der Waals surface area contributed by atoms with Crippen LogP contribution in [0.5, 0.6) is 0 Å². The van der Waals surface area contributed by atoms with Gasteiger partial charge in [-0.1, -0.05) is 42.1 Å². The fourth-order valence-electron chi connectivity index (χ4n) is 1.14. The third kappa shape index (κ3) is 1.90. The van der Waals surface area contributed by atoms with Crippen LogP contribution in [0.4, 0.5) is 0 Å². The van der Waals surface area contributed by atoms with Gasteiger partial charge in [-0.2, -0.15) is 0 Å². The number of carbonyl (C=O) groups excluding carboxylic acids is 1. The highest BCUT2D eigenvalue weighted by atomic mass is 32.2. The summed E-state index contributed by atoms with van der Waals surface area (Å²) in [6, 6.07) is 9.85. The molecule has 1 aliphatic heterocycles. The van der Waals surface area contributed by atoms with E-state index < -0.39 is 0 Å². The number of allylic oxidation sites excluding steroid dienone is 1. The summed E-state index contributed by atoms with van der Waals surface area (Å²) in [6.45, 7) is 0. The van der Waals surface area contributed by atoms with E-state index in [1.54, 1.807) is 0 Å². The van der Waals surface area contributed by atoms with Gasteiger partial charge in [0.05, 0.1) is 0 Å². The molecule has 0 N–H and O–H groups in total. The first kappa shape index (κ1) is 8.32. The Bertz CT molecular complexity index is 376. The zero-order valence-electron chi connectivity index (χ0n) is 6.94. The average Bonchev–Trinajstić information content (AvgIpc) is 2.54. The van der Waals surface area contributed by atoms with E-state index in [1.807, 2.05) is 47.9 Å². The van der Waals surface area contributed by atoms with Gasteiger partial charge in [-0.05, 0) is 23.1 Å². The molecule has 0 radical (unpaired) electrons. The van der Waals surface area contributed by atoms with E-state index in [9.17, 15) is 4.79 Å². The molecule has 0 saturated heterocycles. The van der Waals surface area contributed by atoms with Gasteiger partial charge >= 0.3 is 0 Å². The van der Waals surface area contributed by atoms with Crippen LogP contribution >= 0.6 is 11.8 Å². The number of hydrogen-bond donors (Lipinski definition) is 0. The molecule has 1 nitrogen and oxygen atoms in total. The summed E-state index contributed by atoms with van der Waals surface area (Å²) >= 11 is 1.24. The van der Waals surface area contributed by atoms with Gasteiger partial charge < -0.3 is 0 Å². The Balaban J connectivity index is 2.30. The molecule has 0 aliphatic carbocycles. The van der Waals surface area contributed by atoms with Crippen LogP contribution in [0.2, 0.25) is 0 Å². The van der Waals surface area contributed by atoms with Gasteiger partial charge in [-0.25, -0.2) is 0 Å². The summed E-state index contributed by atoms with van der Waals surface area (Å²) in [7, 11) is 0. The van der Waals surface area contributed by atoms with Crippen molar-refractivity contribution < 1.29 is 4.79 Å². The molecule has 64 valence electrons. The summed E-state index contributed by atoms with van der Waals surface area (Å²) in [5, 5.41) is 1.95. The third-order valence-electron chi connectivity index (χ3n) is 1.78. The van der Waals surface area contributed by atoms with Crippen LogP contribution < -0.4 is 0 Å². The minimum Gasteiger partial charge on any atom is -0.281 e. The predicted octanol–water partition coefficient (Wildman–Crippen LogP) is 2.86. The quantitative estimate of drug-likeness (QED) is 0.630. The van der Waals surface area contributed by atoms with Crippen molar-refractivity contribution in [3.8, 4) is 0 Å². The van der Waals surface area contributed by atoms with Gasteiger partial charge in [0, 0.05) is 5.57 Å². The van der Waals surface area contributed by atoms with E-state index in [4.69, 9.17) is 0 Å². The third-order valence-corrected chi connectivity index (χ3v) is 2.50. The van der Waals surface area contributed by atoms with Crippen LogP contribution in [0.1, 0.15) is 5.56 Å². The van der Waals surface area contributed by atoms with Crippen LogP contribution in [0.15, 0.2) is 47.4 Å². The minimum atomic E-state index is 0.129. The highest BCUT2D eigenvalue weighted by molar-refractivity contribution is 8.17. The molecule has 2 rings (SSSR count). The van der Waals surface area contributed by atoms with Crippen molar-refractivity contribution in [2.75, 3.05) is 0 Å². The summed E-state index contributed by atoms with van der Waals surface area (Å²) in [5.41, 5.74) is 1.84. The minimum absolute atomic E-state index is 0.129. The molecule has 1 aliphatic rings. The van der Waals surface area contributed by atoms with Crippen molar-refractivity contribution in [1.82, 2.24) is 0 Å². The van der Waals surface area contributed by atoms with Crippen molar-refractivity contribution in [2.24, 2.45) is 0 Å². The van der Waals surface area contributed by atoms with E-state index in [0.29, 0.717) is 0 Å². The van der Waals surface area contributed by atoms with Crippen LogP contribution in [-0.2, 0) is 4.79 Å². The molecule has 1 heterocycles. The first-order valence-electron chi connectivity index (χ1n) is 4.00. The lowest BCUT2D eigenvalue weighted by Gasteiger charge is -1.93. The van der Waals surface area contributed by atoms with Crippen LogP contribution in [0.25, 0.3) is 6.08 Å². The fraction of sp³-hybridized carbons (Fsp3) is 0. The second kappa shape index (κ2) is 3.62. The Morgan fingerprint density at radius 1 is 1.15 bits per heavy atom. The Labute approximate surface area is 81.2 Å². The van der Waals surface area contributed by atoms with Crippen molar-refractivity contribution in [3.63, 3.8) is 0 Å². The van der Waals surface area contributed by atoms with Crippen molar-refractivity contribution >= 4 is 23.0 Å². The van der Waals surface area contributed by atoms with Gasteiger partial charge in [-0.15, -0.1) is 0 Å². The molecular weight excluding hydrogens is 180 g/mol. The van der Waals surface area contributed by atoms with Crippen LogP contribution in [0, 0.1) is 0 Å². The van der Waals surface area contributed by atoms with Gasteiger partial charge in [0.15, 0.2) is 0 Å². The Hall–Kier alpha value is -1.28. The normalized spacial score (nSPS) is 18.5. The number of carbonyl (C=O) groups is 1. The standard InChI is InChI=1S/C11H8OS/c12-11-10(6-7-13-11)8-9-4-2-1-3-5-9/h1-8H. The number of rotatable bonds is 1. The smallest absolute Gasteiger partial charge is 0.223 e. The van der Waals surface area contributed by atoms with Gasteiger partial charge in [0.2, 0.25) is 5.12 Å². The Morgan fingerprint density at radius 2 is 1.92 bits per heavy atom. The maximum absolute atomic E-state index is 11.2. The molecule has 2 heteroatoms. The van der Waals surface area contributed by atoms with E-state index >= 15 is 0 Å². The second-order valence-corrected chi connectivity index (χ2v) is 3.60. The van der Waals surface area contributed by atoms with Gasteiger partial charge in [0.1, 0.15) is 0 Å². The molecule has 13 heavy (non-hydrogen) atoms. The van der Waals surface area contributed by atoms with E-state index in [2.05, 4.69) is 0 Å². The van der Waals surface area contributed by atoms with Crippen molar-refractivity contribution in [1.29, 1.82) is 0 Å². The summed E-state index contributed by atoms with van der Waals surface area (Å²) in [4.78, 5) is 11.2. The summed E-state index contributed by atoms with van der Waals surface area (Å²) < 4.78 is 0. The zero-order valence-corrected chi connectivity index (χ0v) is 7.75. The lowest BCUT2D eigenvalue weighted by molar-refractivity contribution is -0.107. The van der Waals surface area contributed by atoms with Crippen molar-refractivity contribution in [3.05, 3.63) is 53.0 Å². The Morgan fingerprint density at radius 3 is 2.54 bits per heavy atom. The molecule has 0 spiro atoms. The molecule has 0 atom stereocenters. The molecule has 0 amide bonds. The van der Waals surface area contributed by atoms with E-state index in [-0.39, 0.29) is 5.12 Å². The molecule has 0 unspecified atom stereocenters. The highest BCUT2D eigenvalue weighted by Crippen LogP contribution is 2.23. The molecule has 1 aromatic carbocycles. The predicted molar refractivity (Wildman–Crippen MR) is 56.2 cm³/mol. The largest absolute Gasteiger partial charge is 0.281 e. The monoisotopic (exact) mass is 188 g/mol. The van der Waals surface area contributed by atoms with Crippen LogP contribution in [0.3, 0.4) is 0 Å². The lowest BCUT2D eigenvalue weighted by Crippen LogP contribution is -1.86. The summed E-state index contributed by atoms with van der Waals surface area (Å²) in [6.07, 6.45) is 3.75. The zero-order chi connectivity index (χ0) is 9.10. The van der Waals surface area contributed by atoms with Crippen molar-refractivity contribution in [2.45, 2.75) is 0 Å². The molecule has 0 fully saturated rings. The van der Waals surface area contributed by atoms with Gasteiger partial charge in [0.25, 0.3) is 0 Å². The maximum atomic E-state index is 11.2. The number of hydrogen-bond acceptors (Lipinski definition) is 2. The fourth-order valence-corrected chi connectivity index (χ4v) is 1.74. The Kier molecular flexibility index (Phi) is 2.32. The SMILES string of the molecule is O=C1SC=CC1=Cc1ccccc1. The van der Waals surface area contributed by atoms with E-state index in [0.717, 1.165) is 11.1 Å². The second-order valence-electron chi connectivity index (χ2n) is 2.72. The molecule has 0 bridgehead atoms. The molecule has 0 aromatic heterocycles. The molecule has 0 saturated carbocycles. The average molecular weight is 188 g/mol. The molecular formula is C11H8OS. The summed E-state index contributed by atoms with van der Waals surface area (Å²) in [5.74, 6) is 0. The van der Waals surface area contributed by atoms with Crippen LogP contribution in [-0.4, -0.2) is 5.12 Å². The van der Waals surface area contributed by atoms with E-state index in [1.165, 1.54) is 11.8 Å². The first-order valence-corrected chi connectivity index (χ1v) is 4.88. The number of thioether (sulfide) groups is 1. The molecule has 1 aromatic rings. The topological polar surface area (TPSA) is 17.1 Å². The van der Waals surface area contributed by atoms with Gasteiger partial charge in [-0.3, -0.25) is 4.79 Å².